The molecule has 0 fully saturated rings. The van der Waals surface area contributed by atoms with Gasteiger partial charge in [0.2, 0.25) is 17.2 Å². The number of ketones is 2. The first-order valence-corrected chi connectivity index (χ1v) is 12.3. The van der Waals surface area contributed by atoms with E-state index in [9.17, 15) is 35.1 Å². The van der Waals surface area contributed by atoms with E-state index in [1.165, 1.54) is 0 Å². The van der Waals surface area contributed by atoms with Gasteiger partial charge in [-0.25, -0.2) is 0 Å². The third-order valence-electron chi connectivity index (χ3n) is 5.46. The van der Waals surface area contributed by atoms with Crippen LogP contribution in [-0.2, 0) is 19.1 Å². The van der Waals surface area contributed by atoms with Crippen LogP contribution in [-0.4, -0.2) is 105 Å². The SMILES string of the molecule is CCCCCC(O)(CO)C(=O)C(O)(COCCO)C(=O)C(O)(CO)CCCCC.CCOCC. The third kappa shape index (κ3) is 11.6. The highest BCUT2D eigenvalue weighted by Gasteiger charge is 2.58. The Bertz CT molecular complexity index is 504. The Kier molecular flexibility index (Phi) is 19.9. The van der Waals surface area contributed by atoms with Gasteiger partial charge in [-0.05, 0) is 26.7 Å². The Balaban J connectivity index is 0. The van der Waals surface area contributed by atoms with Gasteiger partial charge < -0.3 is 40.1 Å². The van der Waals surface area contributed by atoms with Crippen molar-refractivity contribution in [2.45, 2.75) is 95.9 Å². The van der Waals surface area contributed by atoms with Crippen molar-refractivity contribution >= 4 is 11.6 Å². The first-order chi connectivity index (χ1) is 16.0. The van der Waals surface area contributed by atoms with Crippen LogP contribution in [0.5, 0.6) is 0 Å². The largest absolute Gasteiger partial charge is 0.394 e. The van der Waals surface area contributed by atoms with Crippen LogP contribution in [0, 0.1) is 0 Å². The molecule has 0 aliphatic carbocycles. The van der Waals surface area contributed by atoms with Crippen molar-refractivity contribution in [2.24, 2.45) is 0 Å². The highest BCUT2D eigenvalue weighted by atomic mass is 16.5. The number of aliphatic hydroxyl groups is 6. The minimum atomic E-state index is -3.00. The van der Waals surface area contributed by atoms with E-state index in [0.717, 1.165) is 26.1 Å². The Morgan fingerprint density at radius 2 is 1.09 bits per heavy atom. The predicted molar refractivity (Wildman–Crippen MR) is 127 cm³/mol. The fraction of sp³-hybridized carbons (Fsp3) is 0.917. The van der Waals surface area contributed by atoms with Crippen molar-refractivity contribution < 1.29 is 49.7 Å². The number of rotatable bonds is 20. The number of carbonyl (C=O) groups is 2. The van der Waals surface area contributed by atoms with Crippen LogP contribution in [0.25, 0.3) is 0 Å². The molecule has 0 saturated carbocycles. The molecule has 0 saturated heterocycles. The van der Waals surface area contributed by atoms with E-state index in [2.05, 4.69) is 0 Å². The van der Waals surface area contributed by atoms with Crippen molar-refractivity contribution in [1.82, 2.24) is 0 Å². The van der Waals surface area contributed by atoms with Gasteiger partial charge >= 0.3 is 0 Å². The zero-order chi connectivity index (χ0) is 26.7. The van der Waals surface area contributed by atoms with Crippen LogP contribution in [0.4, 0.5) is 0 Å². The molecule has 0 aromatic rings. The monoisotopic (exact) mass is 496 g/mol. The third-order valence-corrected chi connectivity index (χ3v) is 5.46. The van der Waals surface area contributed by atoms with E-state index in [0.29, 0.717) is 25.7 Å². The number of hydrogen-bond acceptors (Lipinski definition) is 10. The minimum absolute atomic E-state index is 0.195. The summed E-state index contributed by atoms with van der Waals surface area (Å²) in [6.07, 6.45) is 3.20. The Hall–Kier alpha value is -0.980. The number of carbonyl (C=O) groups excluding carboxylic acids is 2. The number of ether oxygens (including phenoxy) is 2. The van der Waals surface area contributed by atoms with E-state index < -0.39 is 54.8 Å². The molecule has 6 N–H and O–H groups in total. The molecule has 0 bridgehead atoms. The summed E-state index contributed by atoms with van der Waals surface area (Å²) in [5, 5.41) is 60.4. The molecule has 0 heterocycles. The molecule has 0 aromatic heterocycles. The lowest BCUT2D eigenvalue weighted by Gasteiger charge is -2.38. The van der Waals surface area contributed by atoms with Crippen LogP contribution < -0.4 is 0 Å². The van der Waals surface area contributed by atoms with Crippen molar-refractivity contribution in [3.63, 3.8) is 0 Å². The topological polar surface area (TPSA) is 174 Å². The van der Waals surface area contributed by atoms with Gasteiger partial charge in [0.05, 0.1) is 33.0 Å². The number of hydrogen-bond donors (Lipinski definition) is 6. The lowest BCUT2D eigenvalue weighted by Crippen LogP contribution is -2.66. The molecule has 0 aliphatic rings. The summed E-state index contributed by atoms with van der Waals surface area (Å²) >= 11 is 0. The summed E-state index contributed by atoms with van der Waals surface area (Å²) in [7, 11) is 0. The lowest BCUT2D eigenvalue weighted by molar-refractivity contribution is -0.185. The molecule has 204 valence electrons. The zero-order valence-electron chi connectivity index (χ0n) is 21.4. The molecule has 0 rings (SSSR count). The Morgan fingerprint density at radius 1 is 0.676 bits per heavy atom. The second kappa shape index (κ2) is 19.2. The highest BCUT2D eigenvalue weighted by molar-refractivity contribution is 6.16. The molecular weight excluding hydrogens is 448 g/mol. The van der Waals surface area contributed by atoms with E-state index in [1.807, 2.05) is 27.7 Å². The van der Waals surface area contributed by atoms with Gasteiger partial charge in [0, 0.05) is 13.2 Å². The van der Waals surface area contributed by atoms with Crippen LogP contribution in [0.3, 0.4) is 0 Å². The highest BCUT2D eigenvalue weighted by Crippen LogP contribution is 2.29. The molecule has 2 unspecified atom stereocenters. The van der Waals surface area contributed by atoms with Gasteiger partial charge in [-0.1, -0.05) is 52.4 Å². The van der Waals surface area contributed by atoms with Crippen molar-refractivity contribution in [3.8, 4) is 0 Å². The second-order valence-corrected chi connectivity index (χ2v) is 8.37. The molecule has 2 atom stereocenters. The average molecular weight is 497 g/mol. The molecule has 10 nitrogen and oxygen atoms in total. The zero-order valence-corrected chi connectivity index (χ0v) is 21.4. The molecule has 0 radical (unpaired) electrons. The number of unbranched alkanes of at least 4 members (excludes halogenated alkanes) is 4. The van der Waals surface area contributed by atoms with Gasteiger partial charge in [0.15, 0.2) is 0 Å². The van der Waals surface area contributed by atoms with Crippen LogP contribution >= 0.6 is 0 Å². The maximum Gasteiger partial charge on any atom is 0.211 e. The molecule has 0 spiro atoms. The fourth-order valence-electron chi connectivity index (χ4n) is 3.36. The lowest BCUT2D eigenvalue weighted by atomic mass is 9.74. The van der Waals surface area contributed by atoms with Gasteiger partial charge in [-0.3, -0.25) is 9.59 Å². The van der Waals surface area contributed by atoms with E-state index in [-0.39, 0.29) is 19.4 Å². The summed E-state index contributed by atoms with van der Waals surface area (Å²) in [5.74, 6) is -2.79. The number of aliphatic hydroxyl groups excluding tert-OH is 3. The first-order valence-electron chi connectivity index (χ1n) is 12.3. The molecule has 0 aromatic carbocycles. The molecular formula is C24H48O10. The molecule has 0 aliphatic heterocycles. The minimum Gasteiger partial charge on any atom is -0.394 e. The number of Topliss-reactive ketones (excluding diaryl/α,β-unsaturated/α-hetero) is 2. The van der Waals surface area contributed by atoms with Gasteiger partial charge in [-0.2, -0.15) is 0 Å². The van der Waals surface area contributed by atoms with Gasteiger partial charge in [-0.15, -0.1) is 0 Å². The molecule has 34 heavy (non-hydrogen) atoms. The Morgan fingerprint density at radius 3 is 1.35 bits per heavy atom. The van der Waals surface area contributed by atoms with E-state index >= 15 is 0 Å². The summed E-state index contributed by atoms with van der Waals surface area (Å²) in [6.45, 7) is 5.73. The maximum atomic E-state index is 13.0. The standard InChI is InChI=1S/C20H38O9.C4H10O/c1-3-5-7-9-18(26,13-22)16(24)20(28,15-29-12-11-21)17(25)19(27,14-23)10-8-6-4-2;1-3-5-4-2/h21-23,26-28H,3-15H2,1-2H3;3-4H2,1-2H3. The smallest absolute Gasteiger partial charge is 0.211 e. The first kappa shape index (κ1) is 35.2. The summed E-state index contributed by atoms with van der Waals surface area (Å²) in [5.41, 5.74) is -7.83. The van der Waals surface area contributed by atoms with Crippen molar-refractivity contribution in [2.75, 3.05) is 46.2 Å². The quantitative estimate of drug-likeness (QED) is 0.103. The van der Waals surface area contributed by atoms with Gasteiger partial charge in [0.25, 0.3) is 0 Å². The fourth-order valence-corrected chi connectivity index (χ4v) is 3.36. The molecule has 10 heteroatoms. The van der Waals surface area contributed by atoms with Crippen LogP contribution in [0.2, 0.25) is 0 Å². The molecule has 0 amide bonds. The van der Waals surface area contributed by atoms with Crippen molar-refractivity contribution in [1.29, 1.82) is 0 Å². The maximum absolute atomic E-state index is 13.0. The van der Waals surface area contributed by atoms with Crippen LogP contribution in [0.15, 0.2) is 0 Å². The summed E-state index contributed by atoms with van der Waals surface area (Å²) in [6, 6.07) is 0. The van der Waals surface area contributed by atoms with E-state index in [1.54, 1.807) is 0 Å². The summed E-state index contributed by atoms with van der Waals surface area (Å²) < 4.78 is 9.83. The average Bonchev–Trinajstić information content (AvgIpc) is 2.84. The van der Waals surface area contributed by atoms with Crippen LogP contribution in [0.1, 0.15) is 79.1 Å². The second-order valence-electron chi connectivity index (χ2n) is 8.37. The normalized spacial score (nSPS) is 16.5. The van der Waals surface area contributed by atoms with Crippen molar-refractivity contribution in [3.05, 3.63) is 0 Å². The van der Waals surface area contributed by atoms with E-state index in [4.69, 9.17) is 14.6 Å². The Labute approximate surface area is 203 Å². The summed E-state index contributed by atoms with van der Waals surface area (Å²) in [4.78, 5) is 26.0. The predicted octanol–water partition coefficient (Wildman–Crippen LogP) is 0.515. The van der Waals surface area contributed by atoms with Gasteiger partial charge in [0.1, 0.15) is 11.2 Å².